The molecule has 0 aliphatic heterocycles. The molecule has 3 heteroatoms. The van der Waals surface area contributed by atoms with E-state index >= 15 is 0 Å². The summed E-state index contributed by atoms with van der Waals surface area (Å²) in [4.78, 5) is 1.27. The van der Waals surface area contributed by atoms with Gasteiger partial charge in [-0.2, -0.15) is 0 Å². The van der Waals surface area contributed by atoms with Gasteiger partial charge in [-0.3, -0.25) is 0 Å². The maximum atomic E-state index is 5.27. The molecular weight excluding hydrogens is 230 g/mol. The summed E-state index contributed by atoms with van der Waals surface area (Å²) in [5.41, 5.74) is 0. The van der Waals surface area contributed by atoms with Crippen LogP contribution in [0.25, 0.3) is 0 Å². The molecule has 0 bridgehead atoms. The summed E-state index contributed by atoms with van der Waals surface area (Å²) in [6.07, 6.45) is 7.07. The smallest absolute Gasteiger partial charge is 0.114 e. The molecule has 0 fully saturated rings. The summed E-state index contributed by atoms with van der Waals surface area (Å²) in [6, 6.07) is 2.69. The Labute approximate surface area is 110 Å². The highest BCUT2D eigenvalue weighted by atomic mass is 32.2. The SMILES string of the molecule is CCCCCC(C)NCCSc1ccoc1C. The highest BCUT2D eigenvalue weighted by Gasteiger charge is 2.03. The van der Waals surface area contributed by atoms with Crippen molar-refractivity contribution in [3.63, 3.8) is 0 Å². The Kier molecular flexibility index (Phi) is 7.45. The van der Waals surface area contributed by atoms with Gasteiger partial charge in [-0.15, -0.1) is 11.8 Å². The second-order valence-corrected chi connectivity index (χ2v) is 5.68. The van der Waals surface area contributed by atoms with E-state index in [9.17, 15) is 0 Å². The van der Waals surface area contributed by atoms with Gasteiger partial charge in [-0.05, 0) is 26.3 Å². The molecule has 0 saturated carbocycles. The van der Waals surface area contributed by atoms with Crippen molar-refractivity contribution in [1.82, 2.24) is 5.32 Å². The molecule has 0 amide bonds. The van der Waals surface area contributed by atoms with E-state index in [1.54, 1.807) is 6.26 Å². The maximum absolute atomic E-state index is 5.27. The van der Waals surface area contributed by atoms with Gasteiger partial charge >= 0.3 is 0 Å². The number of hydrogen-bond acceptors (Lipinski definition) is 3. The fourth-order valence-electron chi connectivity index (χ4n) is 1.79. The average Bonchev–Trinajstić information content (AvgIpc) is 2.71. The van der Waals surface area contributed by atoms with E-state index in [0.717, 1.165) is 18.1 Å². The first kappa shape index (κ1) is 14.7. The van der Waals surface area contributed by atoms with Gasteiger partial charge in [-0.25, -0.2) is 0 Å². The van der Waals surface area contributed by atoms with Crippen LogP contribution >= 0.6 is 11.8 Å². The molecule has 1 unspecified atom stereocenters. The minimum atomic E-state index is 0.646. The summed E-state index contributed by atoms with van der Waals surface area (Å²) in [5, 5.41) is 3.57. The van der Waals surface area contributed by atoms with Crippen molar-refractivity contribution in [2.75, 3.05) is 12.3 Å². The van der Waals surface area contributed by atoms with Crippen LogP contribution in [0.4, 0.5) is 0 Å². The lowest BCUT2D eigenvalue weighted by Crippen LogP contribution is -2.28. The molecule has 0 spiro atoms. The maximum Gasteiger partial charge on any atom is 0.114 e. The molecule has 1 aromatic heterocycles. The Bertz CT molecular complexity index is 298. The van der Waals surface area contributed by atoms with Crippen molar-refractivity contribution < 1.29 is 4.42 Å². The Balaban J connectivity index is 2.02. The van der Waals surface area contributed by atoms with Gasteiger partial charge in [0.1, 0.15) is 5.76 Å². The fourth-order valence-corrected chi connectivity index (χ4v) is 2.63. The zero-order chi connectivity index (χ0) is 12.5. The largest absolute Gasteiger partial charge is 0.468 e. The standard InChI is InChI=1S/C14H25NOS/c1-4-5-6-7-12(2)15-9-11-17-14-8-10-16-13(14)3/h8,10,12,15H,4-7,9,11H2,1-3H3. The second kappa shape index (κ2) is 8.65. The number of rotatable bonds is 9. The average molecular weight is 255 g/mol. The van der Waals surface area contributed by atoms with Crippen molar-refractivity contribution in [3.8, 4) is 0 Å². The normalized spacial score (nSPS) is 12.9. The van der Waals surface area contributed by atoms with Crippen LogP contribution in [-0.2, 0) is 0 Å². The molecule has 1 aromatic rings. The summed E-state index contributed by atoms with van der Waals surface area (Å²) in [6.45, 7) is 7.62. The molecular formula is C14H25NOS. The molecule has 0 aliphatic carbocycles. The van der Waals surface area contributed by atoms with E-state index in [2.05, 4.69) is 19.2 Å². The Morgan fingerprint density at radius 2 is 2.24 bits per heavy atom. The van der Waals surface area contributed by atoms with Crippen LogP contribution in [0, 0.1) is 6.92 Å². The summed E-state index contributed by atoms with van der Waals surface area (Å²) < 4.78 is 5.27. The molecule has 1 N–H and O–H groups in total. The topological polar surface area (TPSA) is 25.2 Å². The van der Waals surface area contributed by atoms with Crippen molar-refractivity contribution in [1.29, 1.82) is 0 Å². The van der Waals surface area contributed by atoms with Crippen LogP contribution in [0.5, 0.6) is 0 Å². The number of aryl methyl sites for hydroxylation is 1. The predicted octanol–water partition coefficient (Wildman–Crippen LogP) is 4.24. The molecule has 0 saturated heterocycles. The van der Waals surface area contributed by atoms with Gasteiger partial charge < -0.3 is 9.73 Å². The zero-order valence-electron chi connectivity index (χ0n) is 11.3. The third-order valence-corrected chi connectivity index (χ3v) is 4.05. The third-order valence-electron chi connectivity index (χ3n) is 2.90. The highest BCUT2D eigenvalue weighted by molar-refractivity contribution is 7.99. The molecule has 0 aromatic carbocycles. The second-order valence-electron chi connectivity index (χ2n) is 4.54. The van der Waals surface area contributed by atoms with Gasteiger partial charge in [-0.1, -0.05) is 26.2 Å². The highest BCUT2D eigenvalue weighted by Crippen LogP contribution is 2.22. The lowest BCUT2D eigenvalue weighted by molar-refractivity contribution is 0.502. The minimum Gasteiger partial charge on any atom is -0.468 e. The van der Waals surface area contributed by atoms with Crippen molar-refractivity contribution in [2.45, 2.75) is 57.4 Å². The third kappa shape index (κ3) is 6.18. The molecule has 1 atom stereocenters. The summed E-state index contributed by atoms with van der Waals surface area (Å²) in [5.74, 6) is 2.14. The lowest BCUT2D eigenvalue weighted by Gasteiger charge is -2.12. The monoisotopic (exact) mass is 255 g/mol. The number of unbranched alkanes of at least 4 members (excludes halogenated alkanes) is 2. The number of nitrogens with one attached hydrogen (secondary N) is 1. The number of hydrogen-bond donors (Lipinski definition) is 1. The molecule has 2 nitrogen and oxygen atoms in total. The van der Waals surface area contributed by atoms with Crippen LogP contribution in [0.1, 0.15) is 45.3 Å². The Morgan fingerprint density at radius 3 is 2.88 bits per heavy atom. The number of thioether (sulfide) groups is 1. The van der Waals surface area contributed by atoms with E-state index in [-0.39, 0.29) is 0 Å². The van der Waals surface area contributed by atoms with Gasteiger partial charge in [0.15, 0.2) is 0 Å². The van der Waals surface area contributed by atoms with Gasteiger partial charge in [0.25, 0.3) is 0 Å². The summed E-state index contributed by atoms with van der Waals surface area (Å²) >= 11 is 1.87. The Hall–Kier alpha value is -0.410. The van der Waals surface area contributed by atoms with Crippen LogP contribution in [0.3, 0.4) is 0 Å². The van der Waals surface area contributed by atoms with Crippen molar-refractivity contribution in [2.24, 2.45) is 0 Å². The van der Waals surface area contributed by atoms with Gasteiger partial charge in [0.2, 0.25) is 0 Å². The van der Waals surface area contributed by atoms with Crippen LogP contribution < -0.4 is 5.32 Å². The molecule has 17 heavy (non-hydrogen) atoms. The van der Waals surface area contributed by atoms with Crippen molar-refractivity contribution in [3.05, 3.63) is 18.1 Å². The van der Waals surface area contributed by atoms with E-state index in [1.165, 1.54) is 30.6 Å². The first-order valence-electron chi connectivity index (χ1n) is 6.64. The summed E-state index contributed by atoms with van der Waals surface area (Å²) in [7, 11) is 0. The van der Waals surface area contributed by atoms with E-state index in [1.807, 2.05) is 24.8 Å². The van der Waals surface area contributed by atoms with E-state index in [0.29, 0.717) is 6.04 Å². The molecule has 98 valence electrons. The molecule has 1 rings (SSSR count). The lowest BCUT2D eigenvalue weighted by atomic mass is 10.1. The number of furan rings is 1. The van der Waals surface area contributed by atoms with Crippen LogP contribution in [0.2, 0.25) is 0 Å². The Morgan fingerprint density at radius 1 is 1.41 bits per heavy atom. The van der Waals surface area contributed by atoms with Gasteiger partial charge in [0.05, 0.1) is 6.26 Å². The predicted molar refractivity (Wildman–Crippen MR) is 75.8 cm³/mol. The van der Waals surface area contributed by atoms with Crippen LogP contribution in [0.15, 0.2) is 21.6 Å². The first-order chi connectivity index (χ1) is 8.24. The molecule has 0 aliphatic rings. The molecule has 0 radical (unpaired) electrons. The quantitative estimate of drug-likeness (QED) is 0.528. The van der Waals surface area contributed by atoms with Crippen LogP contribution in [-0.4, -0.2) is 18.3 Å². The molecule has 1 heterocycles. The fraction of sp³-hybridized carbons (Fsp3) is 0.714. The zero-order valence-corrected chi connectivity index (χ0v) is 12.1. The van der Waals surface area contributed by atoms with Gasteiger partial charge in [0, 0.05) is 23.2 Å². The van der Waals surface area contributed by atoms with E-state index in [4.69, 9.17) is 4.42 Å². The minimum absolute atomic E-state index is 0.646. The van der Waals surface area contributed by atoms with E-state index < -0.39 is 0 Å². The first-order valence-corrected chi connectivity index (χ1v) is 7.63. The van der Waals surface area contributed by atoms with Crippen molar-refractivity contribution >= 4 is 11.8 Å².